The summed E-state index contributed by atoms with van der Waals surface area (Å²) in [5, 5.41) is 2.13. The molecule has 1 unspecified atom stereocenters. The quantitative estimate of drug-likeness (QED) is 0.212. The molecule has 0 bridgehead atoms. The van der Waals surface area contributed by atoms with Gasteiger partial charge in [-0.1, -0.05) is 66.2 Å². The summed E-state index contributed by atoms with van der Waals surface area (Å²) in [7, 11) is -2.53. The van der Waals surface area contributed by atoms with Crippen molar-refractivity contribution in [1.82, 2.24) is 4.98 Å². The van der Waals surface area contributed by atoms with Crippen molar-refractivity contribution in [2.24, 2.45) is 0 Å². The van der Waals surface area contributed by atoms with E-state index in [1.807, 2.05) is 6.07 Å². The van der Waals surface area contributed by atoms with Crippen LogP contribution in [0.25, 0.3) is 0 Å². The van der Waals surface area contributed by atoms with Crippen molar-refractivity contribution in [2.45, 2.75) is 36.9 Å². The molecule has 0 spiro atoms. The Morgan fingerprint density at radius 2 is 1.77 bits per heavy atom. The van der Waals surface area contributed by atoms with Gasteiger partial charge in [0.1, 0.15) is 11.9 Å². The highest BCUT2D eigenvalue weighted by atomic mass is 35.5. The Bertz CT molecular complexity index is 1550. The molecule has 1 N–H and O–H groups in total. The monoisotopic (exact) mass is 588 g/mol. The lowest BCUT2D eigenvalue weighted by Gasteiger charge is -2.21. The van der Waals surface area contributed by atoms with Gasteiger partial charge in [-0.2, -0.15) is 0 Å². The molecule has 0 saturated heterocycles. The first kappa shape index (κ1) is 28.7. The van der Waals surface area contributed by atoms with Crippen molar-refractivity contribution in [1.29, 1.82) is 0 Å². The van der Waals surface area contributed by atoms with Crippen LogP contribution in [0.5, 0.6) is 0 Å². The summed E-state index contributed by atoms with van der Waals surface area (Å²) in [5.41, 5.74) is 1.89. The SMILES string of the molecule is COC(C(=O)O[C@H](Cc1csc(NS(=O)(=O)c2cccc(Cl)c2C)n1)Cc1ccccc1F)c1ccccc1. The van der Waals surface area contributed by atoms with Crippen LogP contribution < -0.4 is 4.72 Å². The molecule has 0 fully saturated rings. The van der Waals surface area contributed by atoms with Gasteiger partial charge in [0.25, 0.3) is 10.0 Å². The fourth-order valence-corrected chi connectivity index (χ4v) is 6.49. The smallest absolute Gasteiger partial charge is 0.340 e. The van der Waals surface area contributed by atoms with Gasteiger partial charge in [0, 0.05) is 30.4 Å². The largest absolute Gasteiger partial charge is 0.459 e. The van der Waals surface area contributed by atoms with Gasteiger partial charge >= 0.3 is 5.97 Å². The number of thiazole rings is 1. The minimum absolute atomic E-state index is 0.0460. The van der Waals surface area contributed by atoms with Crippen LogP contribution in [0.4, 0.5) is 9.52 Å². The van der Waals surface area contributed by atoms with E-state index in [2.05, 4.69) is 9.71 Å². The van der Waals surface area contributed by atoms with Crippen molar-refractivity contribution in [3.05, 3.63) is 111 Å². The van der Waals surface area contributed by atoms with Gasteiger partial charge in [-0.05, 0) is 41.8 Å². The van der Waals surface area contributed by atoms with Gasteiger partial charge in [-0.3, -0.25) is 4.72 Å². The van der Waals surface area contributed by atoms with Crippen LogP contribution in [0.2, 0.25) is 5.02 Å². The minimum atomic E-state index is -3.94. The summed E-state index contributed by atoms with van der Waals surface area (Å²) < 4.78 is 54.0. The first-order valence-electron chi connectivity index (χ1n) is 11.9. The fourth-order valence-electron chi connectivity index (χ4n) is 4.02. The molecular formula is C28H26ClFN2O5S2. The Hall–Kier alpha value is -3.31. The van der Waals surface area contributed by atoms with E-state index in [1.165, 1.54) is 19.2 Å². The number of benzene rings is 3. The van der Waals surface area contributed by atoms with Gasteiger partial charge < -0.3 is 9.47 Å². The molecular weight excluding hydrogens is 563 g/mol. The number of carbonyl (C=O) groups is 1. The van der Waals surface area contributed by atoms with E-state index in [4.69, 9.17) is 21.1 Å². The average molecular weight is 589 g/mol. The second kappa shape index (κ2) is 12.7. The molecule has 204 valence electrons. The van der Waals surface area contributed by atoms with E-state index in [-0.39, 0.29) is 22.9 Å². The molecule has 0 saturated carbocycles. The number of nitrogens with one attached hydrogen (secondary N) is 1. The molecule has 4 aromatic rings. The van der Waals surface area contributed by atoms with E-state index in [0.717, 1.165) is 11.3 Å². The number of halogens is 2. The summed E-state index contributed by atoms with van der Waals surface area (Å²) in [6.45, 7) is 1.62. The van der Waals surface area contributed by atoms with Crippen molar-refractivity contribution in [3.63, 3.8) is 0 Å². The molecule has 0 aliphatic rings. The van der Waals surface area contributed by atoms with Crippen molar-refractivity contribution in [3.8, 4) is 0 Å². The Balaban J connectivity index is 1.54. The molecule has 2 atom stereocenters. The zero-order valence-electron chi connectivity index (χ0n) is 21.1. The van der Waals surface area contributed by atoms with Gasteiger partial charge in [0.05, 0.1) is 10.6 Å². The predicted molar refractivity (Wildman–Crippen MR) is 149 cm³/mol. The number of carbonyl (C=O) groups excluding carboxylic acids is 1. The van der Waals surface area contributed by atoms with Crippen LogP contribution in [0.15, 0.2) is 83.1 Å². The first-order chi connectivity index (χ1) is 18.7. The molecule has 0 radical (unpaired) electrons. The third-order valence-corrected chi connectivity index (χ3v) is 8.79. The number of hydrogen-bond donors (Lipinski definition) is 1. The van der Waals surface area contributed by atoms with Crippen LogP contribution in [0.3, 0.4) is 0 Å². The van der Waals surface area contributed by atoms with Crippen LogP contribution in [0, 0.1) is 12.7 Å². The number of nitrogens with zero attached hydrogens (tertiary/aromatic N) is 1. The molecule has 1 aromatic heterocycles. The normalized spacial score (nSPS) is 13.0. The number of aromatic nitrogens is 1. The highest BCUT2D eigenvalue weighted by Crippen LogP contribution is 2.27. The third-order valence-electron chi connectivity index (χ3n) is 5.96. The van der Waals surface area contributed by atoms with Crippen molar-refractivity contribution >= 4 is 44.1 Å². The zero-order chi connectivity index (χ0) is 28.0. The topological polar surface area (TPSA) is 94.6 Å². The molecule has 0 aliphatic heterocycles. The Kier molecular flexibility index (Phi) is 9.34. The summed E-state index contributed by atoms with van der Waals surface area (Å²) in [5.74, 6) is -1.05. The number of hydrogen-bond acceptors (Lipinski definition) is 7. The Labute approximate surface area is 235 Å². The molecule has 1 heterocycles. The van der Waals surface area contributed by atoms with Gasteiger partial charge in [-0.15, -0.1) is 11.3 Å². The van der Waals surface area contributed by atoms with Crippen LogP contribution in [-0.4, -0.2) is 32.6 Å². The molecule has 3 aromatic carbocycles. The number of rotatable bonds is 11. The minimum Gasteiger partial charge on any atom is -0.459 e. The van der Waals surface area contributed by atoms with Crippen LogP contribution in [-0.2, 0) is 37.1 Å². The second-order valence-corrected chi connectivity index (χ2v) is 11.6. The standard InChI is InChI=1S/C28H26ClFN2O5S2/c1-18-23(29)12-8-14-25(18)39(34,35)32-28-31-21(17-38-28)16-22(15-20-11-6-7-13-24(20)30)37-27(33)26(36-2)19-9-4-3-5-10-19/h3-14,17,22,26H,15-16H2,1-2H3,(H,31,32)/t22-,26?/m0/s1. The van der Waals surface area contributed by atoms with Crippen molar-refractivity contribution in [2.75, 3.05) is 11.8 Å². The molecule has 0 amide bonds. The Morgan fingerprint density at radius 1 is 1.05 bits per heavy atom. The fraction of sp³-hybridized carbons (Fsp3) is 0.214. The molecule has 7 nitrogen and oxygen atoms in total. The lowest BCUT2D eigenvalue weighted by atomic mass is 10.0. The molecule has 11 heteroatoms. The molecule has 4 rings (SSSR count). The van der Waals surface area contributed by atoms with E-state index in [9.17, 15) is 17.6 Å². The number of ether oxygens (including phenoxy) is 2. The number of anilines is 1. The van der Waals surface area contributed by atoms with Gasteiger partial charge in [0.15, 0.2) is 11.2 Å². The van der Waals surface area contributed by atoms with E-state index in [1.54, 1.807) is 66.9 Å². The van der Waals surface area contributed by atoms with Crippen LogP contribution in [0.1, 0.15) is 28.5 Å². The Morgan fingerprint density at radius 3 is 2.49 bits per heavy atom. The average Bonchev–Trinajstić information content (AvgIpc) is 3.33. The maximum absolute atomic E-state index is 14.5. The first-order valence-corrected chi connectivity index (χ1v) is 14.7. The summed E-state index contributed by atoms with van der Waals surface area (Å²) in [4.78, 5) is 17.5. The third kappa shape index (κ3) is 7.21. The summed E-state index contributed by atoms with van der Waals surface area (Å²) in [6, 6.07) is 19.8. The van der Waals surface area contributed by atoms with Gasteiger partial charge in [-0.25, -0.2) is 22.6 Å². The maximum Gasteiger partial charge on any atom is 0.340 e. The van der Waals surface area contributed by atoms with E-state index >= 15 is 0 Å². The number of methoxy groups -OCH3 is 1. The maximum atomic E-state index is 14.5. The number of sulfonamides is 1. The van der Waals surface area contributed by atoms with Gasteiger partial charge in [0.2, 0.25) is 0 Å². The number of esters is 1. The second-order valence-electron chi connectivity index (χ2n) is 8.70. The summed E-state index contributed by atoms with van der Waals surface area (Å²) >= 11 is 7.18. The highest BCUT2D eigenvalue weighted by Gasteiger charge is 2.27. The zero-order valence-corrected chi connectivity index (χ0v) is 23.5. The molecule has 0 aliphatic carbocycles. The lowest BCUT2D eigenvalue weighted by molar-refractivity contribution is -0.161. The van der Waals surface area contributed by atoms with E-state index in [0.29, 0.717) is 27.4 Å². The van der Waals surface area contributed by atoms with Crippen molar-refractivity contribution < 1.29 is 27.1 Å². The highest BCUT2D eigenvalue weighted by molar-refractivity contribution is 7.93. The summed E-state index contributed by atoms with van der Waals surface area (Å²) in [6.07, 6.45) is -1.55. The van der Waals surface area contributed by atoms with Crippen LogP contribution >= 0.6 is 22.9 Å². The van der Waals surface area contributed by atoms with E-state index < -0.39 is 34.0 Å². The predicted octanol–water partition coefficient (Wildman–Crippen LogP) is 6.13. The molecule has 39 heavy (non-hydrogen) atoms. The lowest BCUT2D eigenvalue weighted by Crippen LogP contribution is -2.28.